The summed E-state index contributed by atoms with van der Waals surface area (Å²) in [6.07, 6.45) is 1.13. The molecule has 0 aliphatic carbocycles. The van der Waals surface area contributed by atoms with Gasteiger partial charge >= 0.3 is 11.9 Å². The lowest BCUT2D eigenvalue weighted by atomic mass is 10.0. The number of aliphatic carboxylic acids is 2. The van der Waals surface area contributed by atoms with Crippen LogP contribution in [0.15, 0.2) is 24.3 Å². The maximum Gasteiger partial charge on any atom is 0.326 e. The molecule has 2 aliphatic rings. The zero-order valence-electron chi connectivity index (χ0n) is 24.4. The summed E-state index contributed by atoms with van der Waals surface area (Å²) in [4.78, 5) is 78.7. The van der Waals surface area contributed by atoms with E-state index in [4.69, 9.17) is 5.73 Å². The van der Waals surface area contributed by atoms with Crippen LogP contribution < -0.4 is 16.4 Å². The number of amides is 4. The van der Waals surface area contributed by atoms with E-state index in [1.165, 1.54) is 17.0 Å². The smallest absolute Gasteiger partial charge is 0.326 e. The van der Waals surface area contributed by atoms with E-state index in [0.29, 0.717) is 25.8 Å². The third-order valence-electron chi connectivity index (χ3n) is 7.88. The second-order valence-electron chi connectivity index (χ2n) is 11.4. The first-order valence-electron chi connectivity index (χ1n) is 14.5. The minimum Gasteiger partial charge on any atom is -0.508 e. The summed E-state index contributed by atoms with van der Waals surface area (Å²) in [6.45, 7) is 3.85. The summed E-state index contributed by atoms with van der Waals surface area (Å²) in [5.74, 6) is -5.13. The maximum atomic E-state index is 13.4. The number of aromatic hydroxyl groups is 1. The van der Waals surface area contributed by atoms with Crippen LogP contribution in [0.25, 0.3) is 0 Å². The normalized spacial score (nSPS) is 20.4. The molecule has 14 heteroatoms. The topological polar surface area (TPSA) is 220 Å². The van der Waals surface area contributed by atoms with Crippen molar-refractivity contribution in [1.29, 1.82) is 0 Å². The van der Waals surface area contributed by atoms with Crippen molar-refractivity contribution in [3.05, 3.63) is 29.8 Å². The van der Waals surface area contributed by atoms with Gasteiger partial charge in [0.05, 0.1) is 6.04 Å². The number of carbonyl (C=O) groups excluding carboxylic acids is 4. The number of phenolic OH excluding ortho intramolecular Hbond substituents is 1. The molecule has 0 bridgehead atoms. The van der Waals surface area contributed by atoms with E-state index in [0.717, 1.165) is 10.5 Å². The van der Waals surface area contributed by atoms with Gasteiger partial charge < -0.3 is 41.5 Å². The molecule has 2 fully saturated rings. The van der Waals surface area contributed by atoms with Gasteiger partial charge in [-0.25, -0.2) is 4.79 Å². The van der Waals surface area contributed by atoms with E-state index < -0.39 is 78.1 Å². The molecule has 0 saturated carbocycles. The number of nitrogens with one attached hydrogen (secondary N) is 2. The summed E-state index contributed by atoms with van der Waals surface area (Å²) in [5.41, 5.74) is 6.92. The first kappa shape index (κ1) is 33.3. The van der Waals surface area contributed by atoms with Crippen LogP contribution >= 0.6 is 0 Å². The van der Waals surface area contributed by atoms with E-state index in [-0.39, 0.29) is 31.6 Å². The van der Waals surface area contributed by atoms with Gasteiger partial charge in [-0.15, -0.1) is 0 Å². The molecule has 0 unspecified atom stereocenters. The highest BCUT2D eigenvalue weighted by Gasteiger charge is 2.40. The fourth-order valence-corrected chi connectivity index (χ4v) is 5.55. The van der Waals surface area contributed by atoms with Crippen LogP contribution in [-0.2, 0) is 35.2 Å². The Balaban J connectivity index is 1.69. The monoisotopic (exact) mass is 603 g/mol. The number of nitrogens with two attached hydrogens (primary N) is 1. The zero-order chi connectivity index (χ0) is 31.8. The average Bonchev–Trinajstić information content (AvgIpc) is 3.64. The fraction of sp³-hybridized carbons (Fsp3) is 0.586. The summed E-state index contributed by atoms with van der Waals surface area (Å²) >= 11 is 0. The number of benzene rings is 1. The number of likely N-dealkylation sites (tertiary alicyclic amines) is 2. The molecule has 5 atom stereocenters. The number of carboxylic acid groups (broad SMARTS) is 2. The van der Waals surface area contributed by atoms with Crippen LogP contribution in [0, 0.1) is 5.92 Å². The Bertz CT molecular complexity index is 1210. The molecule has 0 radical (unpaired) electrons. The van der Waals surface area contributed by atoms with Crippen molar-refractivity contribution in [2.24, 2.45) is 11.7 Å². The Morgan fingerprint density at radius 3 is 2.05 bits per heavy atom. The lowest BCUT2D eigenvalue weighted by Gasteiger charge is -2.31. The number of rotatable bonds is 13. The van der Waals surface area contributed by atoms with Crippen molar-refractivity contribution in [2.75, 3.05) is 13.1 Å². The van der Waals surface area contributed by atoms with E-state index in [1.807, 2.05) is 0 Å². The van der Waals surface area contributed by atoms with Crippen molar-refractivity contribution >= 4 is 35.6 Å². The van der Waals surface area contributed by atoms with Crippen LogP contribution in [0.1, 0.15) is 57.9 Å². The minimum atomic E-state index is -1.30. The van der Waals surface area contributed by atoms with Crippen molar-refractivity contribution in [3.8, 4) is 5.75 Å². The number of phenols is 1. The van der Waals surface area contributed by atoms with E-state index >= 15 is 0 Å². The summed E-state index contributed by atoms with van der Waals surface area (Å²) in [5, 5.41) is 33.4. The Labute approximate surface area is 249 Å². The zero-order valence-corrected chi connectivity index (χ0v) is 24.4. The maximum absolute atomic E-state index is 13.4. The van der Waals surface area contributed by atoms with Gasteiger partial charge in [0, 0.05) is 19.5 Å². The average molecular weight is 604 g/mol. The predicted octanol–water partition coefficient (Wildman–Crippen LogP) is -0.181. The SMILES string of the molecule is CC(C)[C@H](NC(=O)[C@@H]1CCCN1C(=O)[C@@H](N)Cc1ccc(O)cc1)C(=O)N[C@@H](CCC(=O)O)C(=O)N1CCC[C@H]1C(=O)O. The summed E-state index contributed by atoms with van der Waals surface area (Å²) < 4.78 is 0. The number of carbonyl (C=O) groups is 6. The highest BCUT2D eigenvalue weighted by molar-refractivity contribution is 5.96. The predicted molar refractivity (Wildman–Crippen MR) is 152 cm³/mol. The van der Waals surface area contributed by atoms with Gasteiger partial charge in [-0.05, 0) is 62.1 Å². The first-order chi connectivity index (χ1) is 20.3. The molecule has 4 amide bonds. The standard InChI is InChI=1S/C29H41N5O9/c1-16(2)24(26(39)31-20(11-12-23(36)37)28(41)34-14-4-6-22(34)29(42)43)32-25(38)21-5-3-13-33(21)27(40)19(30)15-17-7-9-18(35)10-8-17/h7-10,16,19-22,24,35H,3-6,11-15,30H2,1-2H3,(H,31,39)(H,32,38)(H,36,37)(H,42,43)/t19-,20-,21-,22-,24-/m0/s1. The molecule has 14 nitrogen and oxygen atoms in total. The second kappa shape index (κ2) is 14.8. The lowest BCUT2D eigenvalue weighted by molar-refractivity contribution is -0.150. The fourth-order valence-electron chi connectivity index (χ4n) is 5.55. The van der Waals surface area contributed by atoms with Crippen LogP contribution in [-0.4, -0.2) is 104 Å². The second-order valence-corrected chi connectivity index (χ2v) is 11.4. The van der Waals surface area contributed by atoms with Gasteiger partial charge in [0.1, 0.15) is 29.9 Å². The first-order valence-corrected chi connectivity index (χ1v) is 14.5. The molecule has 7 N–H and O–H groups in total. The molecule has 43 heavy (non-hydrogen) atoms. The van der Waals surface area contributed by atoms with Crippen molar-refractivity contribution in [2.45, 2.75) is 89.0 Å². The van der Waals surface area contributed by atoms with Gasteiger partial charge in [-0.1, -0.05) is 26.0 Å². The third-order valence-corrected chi connectivity index (χ3v) is 7.88. The van der Waals surface area contributed by atoms with Crippen LogP contribution in [0.2, 0.25) is 0 Å². The molecule has 2 aliphatic heterocycles. The largest absolute Gasteiger partial charge is 0.508 e. The highest BCUT2D eigenvalue weighted by Crippen LogP contribution is 2.22. The number of nitrogens with zero attached hydrogens (tertiary/aromatic N) is 2. The Morgan fingerprint density at radius 1 is 0.907 bits per heavy atom. The molecular formula is C29H41N5O9. The van der Waals surface area contributed by atoms with Gasteiger partial charge in [0.15, 0.2) is 0 Å². The van der Waals surface area contributed by atoms with Gasteiger partial charge in [0.25, 0.3) is 0 Å². The van der Waals surface area contributed by atoms with Crippen molar-refractivity contribution in [1.82, 2.24) is 20.4 Å². The molecule has 3 rings (SSSR count). The van der Waals surface area contributed by atoms with Crippen molar-refractivity contribution in [3.63, 3.8) is 0 Å². The number of hydrogen-bond acceptors (Lipinski definition) is 8. The number of hydrogen-bond donors (Lipinski definition) is 6. The molecule has 2 saturated heterocycles. The molecule has 0 aromatic heterocycles. The summed E-state index contributed by atoms with van der Waals surface area (Å²) in [7, 11) is 0. The van der Waals surface area contributed by atoms with Crippen LogP contribution in [0.5, 0.6) is 5.75 Å². The molecular weight excluding hydrogens is 562 g/mol. The van der Waals surface area contributed by atoms with Crippen LogP contribution in [0.4, 0.5) is 0 Å². The third kappa shape index (κ3) is 8.66. The highest BCUT2D eigenvalue weighted by atomic mass is 16.4. The number of carboxylic acids is 2. The van der Waals surface area contributed by atoms with Gasteiger partial charge in [-0.2, -0.15) is 0 Å². The molecule has 236 valence electrons. The van der Waals surface area contributed by atoms with Crippen LogP contribution in [0.3, 0.4) is 0 Å². The summed E-state index contributed by atoms with van der Waals surface area (Å²) in [6, 6.07) is 1.01. The van der Waals surface area contributed by atoms with Crippen molar-refractivity contribution < 1.29 is 44.1 Å². The quantitative estimate of drug-likeness (QED) is 0.175. The molecule has 1 aromatic rings. The molecule has 1 aromatic carbocycles. The Hall–Kier alpha value is -4.20. The minimum absolute atomic E-state index is 0.0849. The molecule has 2 heterocycles. The van der Waals surface area contributed by atoms with E-state index in [1.54, 1.807) is 26.0 Å². The Morgan fingerprint density at radius 2 is 1.49 bits per heavy atom. The van der Waals surface area contributed by atoms with Gasteiger partial charge in [0.2, 0.25) is 23.6 Å². The Kier molecular flexibility index (Phi) is 11.5. The molecule has 0 spiro atoms. The van der Waals surface area contributed by atoms with E-state index in [9.17, 15) is 44.1 Å². The lowest BCUT2D eigenvalue weighted by Crippen LogP contribution is -2.59. The van der Waals surface area contributed by atoms with Gasteiger partial charge in [-0.3, -0.25) is 24.0 Å². The van der Waals surface area contributed by atoms with E-state index in [2.05, 4.69) is 10.6 Å².